The summed E-state index contributed by atoms with van der Waals surface area (Å²) < 4.78 is 51.7. The van der Waals surface area contributed by atoms with Crippen LogP contribution in [0.4, 0.5) is 18.9 Å². The van der Waals surface area contributed by atoms with Gasteiger partial charge in [0.1, 0.15) is 17.2 Å². The first kappa shape index (κ1) is 27.8. The van der Waals surface area contributed by atoms with E-state index in [0.717, 1.165) is 54.9 Å². The molecule has 0 radical (unpaired) electrons. The van der Waals surface area contributed by atoms with Gasteiger partial charge in [0.05, 0.1) is 41.7 Å². The number of phenolic OH excluding ortho intramolecular Hbond substituents is 1. The van der Waals surface area contributed by atoms with Gasteiger partial charge in [0.25, 0.3) is 5.91 Å². The molecule has 10 heteroatoms. The van der Waals surface area contributed by atoms with Gasteiger partial charge in [-0.05, 0) is 66.8 Å². The van der Waals surface area contributed by atoms with Crippen molar-refractivity contribution in [2.24, 2.45) is 0 Å². The topological polar surface area (TPSA) is 86.0 Å². The second-order valence-electron chi connectivity index (χ2n) is 10.6. The summed E-state index contributed by atoms with van der Waals surface area (Å²) in [6.07, 6.45) is -0.988. The number of aromatic hydroxyl groups is 1. The van der Waals surface area contributed by atoms with Crippen molar-refractivity contribution in [1.29, 1.82) is 5.26 Å². The smallest absolute Gasteiger partial charge is 0.420 e. The molecule has 1 amide bonds. The number of carbonyl (C=O) groups excluding carboxylic acids is 1. The minimum absolute atomic E-state index is 0.0196. The summed E-state index contributed by atoms with van der Waals surface area (Å²) in [5.74, 6) is -0.522. The SMILES string of the molecule is N#Cc1ccc(Oc2ccc(C=C3C(=O)N(CCN4CCOCC4)c4cccc(C5CC5)c43)c(O)c2)c(C(F)(F)F)c1. The van der Waals surface area contributed by atoms with Crippen LogP contribution < -0.4 is 9.64 Å². The van der Waals surface area contributed by atoms with Crippen molar-refractivity contribution in [3.05, 3.63) is 82.4 Å². The fourth-order valence-electron chi connectivity index (χ4n) is 5.50. The second-order valence-corrected chi connectivity index (χ2v) is 10.6. The Balaban J connectivity index is 1.30. The number of morpholine rings is 1. The zero-order valence-electron chi connectivity index (χ0n) is 22.7. The van der Waals surface area contributed by atoms with Crippen LogP contribution in [0.2, 0.25) is 0 Å². The Labute approximate surface area is 241 Å². The standard InChI is InChI=1S/C32H28F3N3O4/c33-32(34,35)26-16-20(19-36)4-9-29(26)42-23-8-7-22(28(39)18-23)17-25-30-24(21-5-6-21)2-1-3-27(30)38(31(25)40)11-10-37-12-14-41-15-13-37/h1-4,7-9,16-18,21,39H,5-6,10-15H2. The molecule has 0 bridgehead atoms. The molecule has 7 nitrogen and oxygen atoms in total. The lowest BCUT2D eigenvalue weighted by atomic mass is 9.95. The maximum Gasteiger partial charge on any atom is 0.420 e. The number of hydrogen-bond acceptors (Lipinski definition) is 6. The number of benzene rings is 3. The first-order valence-electron chi connectivity index (χ1n) is 13.8. The molecule has 2 aliphatic heterocycles. The molecule has 2 fully saturated rings. The van der Waals surface area contributed by atoms with Crippen LogP contribution in [-0.4, -0.2) is 55.3 Å². The van der Waals surface area contributed by atoms with E-state index < -0.39 is 17.5 Å². The Morgan fingerprint density at radius 1 is 1.07 bits per heavy atom. The molecule has 3 aliphatic rings. The highest BCUT2D eigenvalue weighted by Crippen LogP contribution is 2.49. The van der Waals surface area contributed by atoms with Gasteiger partial charge in [-0.2, -0.15) is 18.4 Å². The number of phenols is 1. The van der Waals surface area contributed by atoms with Gasteiger partial charge < -0.3 is 19.5 Å². The lowest BCUT2D eigenvalue weighted by molar-refractivity contribution is -0.138. The monoisotopic (exact) mass is 575 g/mol. The average Bonchev–Trinajstić information content (AvgIpc) is 3.79. The Morgan fingerprint density at radius 2 is 1.86 bits per heavy atom. The summed E-state index contributed by atoms with van der Waals surface area (Å²) in [5.41, 5.74) is 2.41. The Bertz CT molecular complexity index is 1600. The summed E-state index contributed by atoms with van der Waals surface area (Å²) in [7, 11) is 0. The average molecular weight is 576 g/mol. The maximum absolute atomic E-state index is 13.8. The molecule has 0 atom stereocenters. The number of ether oxygens (including phenoxy) is 2. The molecule has 216 valence electrons. The van der Waals surface area contributed by atoms with Crippen molar-refractivity contribution < 1.29 is 32.5 Å². The van der Waals surface area contributed by atoms with E-state index in [1.807, 2.05) is 12.1 Å². The molecule has 0 unspecified atom stereocenters. The number of rotatable bonds is 7. The van der Waals surface area contributed by atoms with Crippen molar-refractivity contribution >= 4 is 23.2 Å². The van der Waals surface area contributed by atoms with Crippen LogP contribution in [0.15, 0.2) is 54.6 Å². The van der Waals surface area contributed by atoms with Gasteiger partial charge in [-0.25, -0.2) is 0 Å². The number of nitrogens with zero attached hydrogens (tertiary/aromatic N) is 3. The number of amides is 1. The minimum atomic E-state index is -4.74. The van der Waals surface area contributed by atoms with E-state index in [-0.39, 0.29) is 23.0 Å². The van der Waals surface area contributed by atoms with Crippen molar-refractivity contribution in [2.75, 3.05) is 44.3 Å². The van der Waals surface area contributed by atoms with E-state index in [1.165, 1.54) is 24.3 Å². The number of hydrogen-bond donors (Lipinski definition) is 1. The largest absolute Gasteiger partial charge is 0.507 e. The number of fused-ring (bicyclic) bond motifs is 1. The normalized spacial score (nSPS) is 18.3. The number of nitriles is 1. The maximum atomic E-state index is 13.8. The van der Waals surface area contributed by atoms with E-state index in [9.17, 15) is 23.1 Å². The van der Waals surface area contributed by atoms with Gasteiger partial charge in [0.2, 0.25) is 0 Å². The highest BCUT2D eigenvalue weighted by Gasteiger charge is 2.38. The van der Waals surface area contributed by atoms with Gasteiger partial charge >= 0.3 is 6.18 Å². The van der Waals surface area contributed by atoms with Crippen LogP contribution >= 0.6 is 0 Å². The molecule has 0 spiro atoms. The third-order valence-corrected chi connectivity index (χ3v) is 7.81. The fraction of sp³-hybridized carbons (Fsp3) is 0.312. The summed E-state index contributed by atoms with van der Waals surface area (Å²) in [6, 6.07) is 14.9. The summed E-state index contributed by atoms with van der Waals surface area (Å²) in [6.45, 7) is 4.19. The molecule has 2 heterocycles. The van der Waals surface area contributed by atoms with Gasteiger partial charge in [-0.15, -0.1) is 0 Å². The summed E-state index contributed by atoms with van der Waals surface area (Å²) in [4.78, 5) is 17.9. The Kier molecular flexibility index (Phi) is 7.39. The van der Waals surface area contributed by atoms with Crippen LogP contribution in [-0.2, 0) is 15.7 Å². The lowest BCUT2D eigenvalue weighted by Gasteiger charge is -2.28. The molecule has 1 aliphatic carbocycles. The molecular weight excluding hydrogens is 547 g/mol. The molecule has 0 aromatic heterocycles. The predicted molar refractivity (Wildman–Crippen MR) is 150 cm³/mol. The van der Waals surface area contributed by atoms with Crippen LogP contribution in [0.3, 0.4) is 0 Å². The quantitative estimate of drug-likeness (QED) is 0.339. The molecule has 6 rings (SSSR count). The van der Waals surface area contributed by atoms with E-state index in [1.54, 1.807) is 17.0 Å². The zero-order chi connectivity index (χ0) is 29.4. The summed E-state index contributed by atoms with van der Waals surface area (Å²) in [5, 5.41) is 19.9. The molecule has 42 heavy (non-hydrogen) atoms. The molecule has 1 saturated carbocycles. The van der Waals surface area contributed by atoms with Crippen LogP contribution in [0, 0.1) is 11.3 Å². The van der Waals surface area contributed by atoms with Gasteiger partial charge in [-0.3, -0.25) is 9.69 Å². The van der Waals surface area contributed by atoms with Crippen molar-refractivity contribution in [3.8, 4) is 23.3 Å². The highest BCUT2D eigenvalue weighted by molar-refractivity contribution is 6.36. The Morgan fingerprint density at radius 3 is 2.55 bits per heavy atom. The number of anilines is 1. The highest BCUT2D eigenvalue weighted by atomic mass is 19.4. The van der Waals surface area contributed by atoms with Gasteiger partial charge in [-0.1, -0.05) is 12.1 Å². The summed E-state index contributed by atoms with van der Waals surface area (Å²) >= 11 is 0. The van der Waals surface area contributed by atoms with Gasteiger partial charge in [0, 0.05) is 43.4 Å². The van der Waals surface area contributed by atoms with Crippen LogP contribution in [0.1, 0.15) is 46.6 Å². The third-order valence-electron chi connectivity index (χ3n) is 7.81. The fourth-order valence-corrected chi connectivity index (χ4v) is 5.50. The first-order valence-corrected chi connectivity index (χ1v) is 13.8. The van der Waals surface area contributed by atoms with E-state index in [2.05, 4.69) is 11.0 Å². The second kappa shape index (κ2) is 11.2. The van der Waals surface area contributed by atoms with Crippen LogP contribution in [0.5, 0.6) is 17.2 Å². The number of halogens is 3. The van der Waals surface area contributed by atoms with Gasteiger partial charge in [0.15, 0.2) is 0 Å². The lowest BCUT2D eigenvalue weighted by Crippen LogP contribution is -2.42. The van der Waals surface area contributed by atoms with E-state index >= 15 is 0 Å². The number of carbonyl (C=O) groups is 1. The molecule has 3 aromatic rings. The molecular formula is C32H28F3N3O4. The van der Waals surface area contributed by atoms with Crippen molar-refractivity contribution in [3.63, 3.8) is 0 Å². The zero-order valence-corrected chi connectivity index (χ0v) is 22.7. The van der Waals surface area contributed by atoms with Crippen molar-refractivity contribution in [1.82, 2.24) is 4.90 Å². The molecule has 3 aromatic carbocycles. The predicted octanol–water partition coefficient (Wildman–Crippen LogP) is 6.17. The minimum Gasteiger partial charge on any atom is -0.507 e. The molecule has 1 saturated heterocycles. The van der Waals surface area contributed by atoms with E-state index in [4.69, 9.17) is 14.7 Å². The number of alkyl halides is 3. The first-order chi connectivity index (χ1) is 20.2. The Hall–Kier alpha value is -4.33. The van der Waals surface area contributed by atoms with Crippen LogP contribution in [0.25, 0.3) is 11.6 Å². The van der Waals surface area contributed by atoms with Crippen molar-refractivity contribution in [2.45, 2.75) is 24.9 Å². The molecule has 1 N–H and O–H groups in total. The third kappa shape index (κ3) is 5.58. The van der Waals surface area contributed by atoms with E-state index in [0.29, 0.717) is 43.4 Å².